The van der Waals surface area contributed by atoms with Gasteiger partial charge in [-0.05, 0) is 60.9 Å². The van der Waals surface area contributed by atoms with Crippen LogP contribution in [0.25, 0.3) is 11.8 Å². The molecule has 0 radical (unpaired) electrons. The maximum absolute atomic E-state index is 13.4. The van der Waals surface area contributed by atoms with Gasteiger partial charge in [0.25, 0.3) is 0 Å². The Bertz CT molecular complexity index is 1220. The van der Waals surface area contributed by atoms with Gasteiger partial charge < -0.3 is 9.30 Å². The Morgan fingerprint density at radius 2 is 1.91 bits per heavy atom. The third-order valence-corrected chi connectivity index (χ3v) is 6.06. The first-order valence-corrected chi connectivity index (χ1v) is 11.6. The van der Waals surface area contributed by atoms with Gasteiger partial charge in [-0.3, -0.25) is 9.83 Å². The molecule has 0 amide bonds. The van der Waals surface area contributed by atoms with Crippen LogP contribution in [0.3, 0.4) is 0 Å². The lowest BCUT2D eigenvalue weighted by Crippen LogP contribution is -2.47. The molecule has 3 aromatic rings. The topological polar surface area (TPSA) is 51.9 Å². The van der Waals surface area contributed by atoms with Crippen molar-refractivity contribution in [3.05, 3.63) is 83.2 Å². The van der Waals surface area contributed by atoms with E-state index >= 15 is 0 Å². The molecular weight excluding hydrogens is 431 g/mol. The van der Waals surface area contributed by atoms with Gasteiger partial charge in [0, 0.05) is 12.6 Å². The summed E-state index contributed by atoms with van der Waals surface area (Å²) >= 11 is 0. The molecule has 0 aliphatic carbocycles. The predicted octanol–water partition coefficient (Wildman–Crippen LogP) is 5.70. The van der Waals surface area contributed by atoms with Crippen molar-refractivity contribution in [2.24, 2.45) is 4.99 Å². The van der Waals surface area contributed by atoms with Crippen LogP contribution in [0.15, 0.2) is 65.6 Å². The fourth-order valence-electron chi connectivity index (χ4n) is 4.29. The Morgan fingerprint density at radius 1 is 1.15 bits per heavy atom. The molecule has 1 saturated heterocycles. The smallest absolute Gasteiger partial charge is 0.152 e. The van der Waals surface area contributed by atoms with Crippen molar-refractivity contribution in [1.29, 1.82) is 0 Å². The number of hydroxylamine groups is 2. The zero-order chi connectivity index (χ0) is 24.3. The van der Waals surface area contributed by atoms with E-state index in [0.717, 1.165) is 46.1 Å². The van der Waals surface area contributed by atoms with E-state index in [-0.39, 0.29) is 5.82 Å². The minimum atomic E-state index is -0.469. The standard InChI is InChI=1S/C25H25FN4O2.C2H6/c1-17-14-29(16-28-17)22-9-4-18(13-23(22)31-3)12-19-10-11-32-30-24(19)27-15-25(30,2)20-5-7-21(26)8-6-20;1-2/h4-9,12-14,16H,10-11,15H2,1-3H3;1-2H3/b19-12+;. The van der Waals surface area contributed by atoms with Gasteiger partial charge in [0.1, 0.15) is 17.1 Å². The highest BCUT2D eigenvalue weighted by Gasteiger charge is 2.44. The second kappa shape index (κ2) is 9.81. The fraction of sp³-hybridized carbons (Fsp3) is 0.333. The Labute approximate surface area is 200 Å². The van der Waals surface area contributed by atoms with Crippen LogP contribution in [-0.2, 0) is 10.4 Å². The summed E-state index contributed by atoms with van der Waals surface area (Å²) in [6, 6.07) is 12.7. The summed E-state index contributed by atoms with van der Waals surface area (Å²) in [6.07, 6.45) is 6.65. The molecule has 2 aliphatic rings. The molecule has 34 heavy (non-hydrogen) atoms. The zero-order valence-electron chi connectivity index (χ0n) is 20.4. The Kier molecular flexibility index (Phi) is 6.84. The highest BCUT2D eigenvalue weighted by atomic mass is 19.1. The van der Waals surface area contributed by atoms with E-state index in [1.54, 1.807) is 25.6 Å². The number of fused-ring (bicyclic) bond motifs is 1. The average molecular weight is 463 g/mol. The lowest BCUT2D eigenvalue weighted by molar-refractivity contribution is -0.160. The van der Waals surface area contributed by atoms with Crippen LogP contribution >= 0.6 is 0 Å². The first kappa shape index (κ1) is 23.7. The Morgan fingerprint density at radius 3 is 2.59 bits per heavy atom. The summed E-state index contributed by atoms with van der Waals surface area (Å²) in [5.74, 6) is 1.35. The van der Waals surface area contributed by atoms with E-state index in [1.165, 1.54) is 12.1 Å². The lowest BCUT2D eigenvalue weighted by atomic mass is 9.92. The minimum absolute atomic E-state index is 0.250. The van der Waals surface area contributed by atoms with Gasteiger partial charge in [-0.25, -0.2) is 14.4 Å². The molecule has 178 valence electrons. The third-order valence-electron chi connectivity index (χ3n) is 6.06. The molecule has 1 unspecified atom stereocenters. The molecule has 3 heterocycles. The number of nitrogens with zero attached hydrogens (tertiary/aromatic N) is 4. The number of halogens is 1. The lowest BCUT2D eigenvalue weighted by Gasteiger charge is -2.39. The molecule has 7 heteroatoms. The van der Waals surface area contributed by atoms with Crippen molar-refractivity contribution in [2.45, 2.75) is 39.7 Å². The monoisotopic (exact) mass is 462 g/mol. The number of aryl methyl sites for hydroxylation is 1. The maximum atomic E-state index is 13.4. The number of aliphatic imine (C=N–C) groups is 1. The second-order valence-electron chi connectivity index (χ2n) is 8.32. The van der Waals surface area contributed by atoms with Crippen LogP contribution in [0.5, 0.6) is 5.75 Å². The van der Waals surface area contributed by atoms with E-state index in [4.69, 9.17) is 14.6 Å². The molecule has 0 N–H and O–H groups in total. The highest BCUT2D eigenvalue weighted by molar-refractivity contribution is 6.03. The molecular formula is C27H31FN4O2. The largest absolute Gasteiger partial charge is 0.495 e. The van der Waals surface area contributed by atoms with E-state index < -0.39 is 5.54 Å². The molecule has 1 aromatic heterocycles. The predicted molar refractivity (Wildman–Crippen MR) is 133 cm³/mol. The zero-order valence-corrected chi connectivity index (χ0v) is 20.4. The van der Waals surface area contributed by atoms with Crippen LogP contribution in [-0.4, -0.2) is 40.7 Å². The van der Waals surface area contributed by atoms with Crippen LogP contribution in [0.2, 0.25) is 0 Å². The van der Waals surface area contributed by atoms with E-state index in [2.05, 4.69) is 24.1 Å². The van der Waals surface area contributed by atoms with Crippen molar-refractivity contribution < 1.29 is 14.0 Å². The number of imidazole rings is 1. The summed E-state index contributed by atoms with van der Waals surface area (Å²) in [5.41, 5.74) is 4.52. The molecule has 0 spiro atoms. The van der Waals surface area contributed by atoms with Gasteiger partial charge >= 0.3 is 0 Å². The Hall–Kier alpha value is -3.45. The number of benzene rings is 2. The van der Waals surface area contributed by atoms with Crippen LogP contribution in [0.1, 0.15) is 44.0 Å². The van der Waals surface area contributed by atoms with Crippen molar-refractivity contribution in [2.75, 3.05) is 20.3 Å². The van der Waals surface area contributed by atoms with E-state index in [9.17, 15) is 4.39 Å². The molecule has 6 nitrogen and oxygen atoms in total. The van der Waals surface area contributed by atoms with Gasteiger partial charge in [0.05, 0.1) is 38.0 Å². The second-order valence-corrected chi connectivity index (χ2v) is 8.32. The van der Waals surface area contributed by atoms with Crippen molar-refractivity contribution >= 4 is 11.9 Å². The van der Waals surface area contributed by atoms with Crippen molar-refractivity contribution in [3.8, 4) is 11.4 Å². The number of hydrogen-bond acceptors (Lipinski definition) is 5. The SMILES string of the molecule is CC.COc1cc(/C=C2\CCON3C2=NCC3(C)c2ccc(F)cc2)ccc1-n1cnc(C)c1. The van der Waals surface area contributed by atoms with Crippen LogP contribution in [0, 0.1) is 12.7 Å². The van der Waals surface area contributed by atoms with Gasteiger partial charge in [-0.2, -0.15) is 0 Å². The van der Waals surface area contributed by atoms with E-state index in [1.807, 2.05) is 48.7 Å². The van der Waals surface area contributed by atoms with Crippen molar-refractivity contribution in [3.63, 3.8) is 0 Å². The maximum Gasteiger partial charge on any atom is 0.152 e. The van der Waals surface area contributed by atoms with Gasteiger partial charge in [-0.1, -0.05) is 32.0 Å². The molecule has 0 bridgehead atoms. The molecule has 0 saturated carbocycles. The number of amidine groups is 1. The number of hydrogen-bond donors (Lipinski definition) is 0. The van der Waals surface area contributed by atoms with Crippen molar-refractivity contribution in [1.82, 2.24) is 14.6 Å². The van der Waals surface area contributed by atoms with Gasteiger partial charge in [0.2, 0.25) is 0 Å². The summed E-state index contributed by atoms with van der Waals surface area (Å²) in [4.78, 5) is 15.1. The average Bonchev–Trinajstić information content (AvgIpc) is 3.45. The molecule has 1 atom stereocenters. The fourth-order valence-corrected chi connectivity index (χ4v) is 4.29. The number of ether oxygens (including phenoxy) is 1. The highest BCUT2D eigenvalue weighted by Crippen LogP contribution is 2.38. The number of rotatable bonds is 4. The first-order chi connectivity index (χ1) is 16.5. The Balaban J connectivity index is 0.00000133. The summed E-state index contributed by atoms with van der Waals surface area (Å²) in [7, 11) is 1.67. The molecule has 1 fully saturated rings. The molecule has 2 aromatic carbocycles. The summed E-state index contributed by atoms with van der Waals surface area (Å²) < 4.78 is 21.0. The number of methoxy groups -OCH3 is 1. The normalized spacial score (nSPS) is 20.5. The van der Waals surface area contributed by atoms with Gasteiger partial charge in [-0.15, -0.1) is 0 Å². The minimum Gasteiger partial charge on any atom is -0.495 e. The molecule has 2 aliphatic heterocycles. The van der Waals surface area contributed by atoms with E-state index in [0.29, 0.717) is 13.2 Å². The number of aromatic nitrogens is 2. The summed E-state index contributed by atoms with van der Waals surface area (Å²) in [6.45, 7) is 9.14. The van der Waals surface area contributed by atoms with Crippen LogP contribution in [0.4, 0.5) is 4.39 Å². The van der Waals surface area contributed by atoms with Crippen LogP contribution < -0.4 is 4.74 Å². The summed E-state index contributed by atoms with van der Waals surface area (Å²) in [5, 5.41) is 1.88. The molecule has 5 rings (SSSR count). The quantitative estimate of drug-likeness (QED) is 0.499. The first-order valence-electron chi connectivity index (χ1n) is 11.6. The third kappa shape index (κ3) is 4.35. The van der Waals surface area contributed by atoms with Gasteiger partial charge in [0.15, 0.2) is 5.84 Å².